The Balaban J connectivity index is 3.04. The van der Waals surface area contributed by atoms with Gasteiger partial charge in [0.25, 0.3) is 0 Å². The summed E-state index contributed by atoms with van der Waals surface area (Å²) in [5.74, 6) is 0. The molecule has 1 unspecified atom stereocenters. The van der Waals surface area contributed by atoms with Gasteiger partial charge >= 0.3 is 7.12 Å². The van der Waals surface area contributed by atoms with Crippen molar-refractivity contribution in [2.45, 2.75) is 6.10 Å². The predicted molar refractivity (Wildman–Crippen MR) is 50.3 cm³/mol. The molecule has 0 spiro atoms. The molecule has 0 bridgehead atoms. The second-order valence-corrected chi connectivity index (χ2v) is 2.75. The van der Waals surface area contributed by atoms with Crippen LogP contribution < -0.4 is 11.2 Å². The number of hydrogen-bond acceptors (Lipinski definition) is 4. The molecule has 5 heteroatoms. The van der Waals surface area contributed by atoms with Gasteiger partial charge in [0.1, 0.15) is 0 Å². The molecule has 1 aromatic rings. The van der Waals surface area contributed by atoms with Gasteiger partial charge in [-0.15, -0.1) is 0 Å². The summed E-state index contributed by atoms with van der Waals surface area (Å²) in [7, 11) is -1.57. The Labute approximate surface area is 76.8 Å². The summed E-state index contributed by atoms with van der Waals surface area (Å²) >= 11 is 0. The zero-order valence-corrected chi connectivity index (χ0v) is 7.09. The molecule has 0 aliphatic rings. The number of aliphatic hydroxyl groups excluding tert-OH is 1. The fraction of sp³-hybridized carbons (Fsp3) is 0.250. The first-order chi connectivity index (χ1) is 6.16. The first-order valence-electron chi connectivity index (χ1n) is 4.00. The summed E-state index contributed by atoms with van der Waals surface area (Å²) in [6.45, 7) is 0.0593. The van der Waals surface area contributed by atoms with Crippen LogP contribution in [0.5, 0.6) is 0 Å². The van der Waals surface area contributed by atoms with Crippen molar-refractivity contribution >= 4 is 12.6 Å². The molecular weight excluding hydrogens is 169 g/mol. The van der Waals surface area contributed by atoms with Gasteiger partial charge in [0, 0.05) is 6.54 Å². The number of aliphatic hydroxyl groups is 1. The van der Waals surface area contributed by atoms with Crippen molar-refractivity contribution < 1.29 is 15.2 Å². The normalized spacial score (nSPS) is 12.6. The molecule has 0 radical (unpaired) electrons. The molecule has 70 valence electrons. The molecule has 0 heterocycles. The van der Waals surface area contributed by atoms with E-state index in [1.807, 2.05) is 0 Å². The van der Waals surface area contributed by atoms with Crippen LogP contribution in [-0.2, 0) is 0 Å². The molecular formula is C8H12BNO3. The minimum absolute atomic E-state index is 0.0593. The summed E-state index contributed by atoms with van der Waals surface area (Å²) in [6, 6.07) is 6.53. The number of rotatable bonds is 3. The highest BCUT2D eigenvalue weighted by Crippen LogP contribution is 2.08. The van der Waals surface area contributed by atoms with Crippen LogP contribution in [0, 0.1) is 0 Å². The van der Waals surface area contributed by atoms with Gasteiger partial charge in [-0.1, -0.05) is 24.3 Å². The van der Waals surface area contributed by atoms with Gasteiger partial charge in [-0.2, -0.15) is 0 Å². The van der Waals surface area contributed by atoms with Gasteiger partial charge in [0.2, 0.25) is 0 Å². The zero-order chi connectivity index (χ0) is 9.84. The van der Waals surface area contributed by atoms with Crippen LogP contribution in [0.1, 0.15) is 11.7 Å². The van der Waals surface area contributed by atoms with Crippen molar-refractivity contribution in [1.82, 2.24) is 0 Å². The summed E-state index contributed by atoms with van der Waals surface area (Å²) in [6.07, 6.45) is -0.849. The molecule has 0 amide bonds. The van der Waals surface area contributed by atoms with Gasteiger partial charge in [-0.05, 0) is 11.0 Å². The minimum atomic E-state index is -1.57. The smallest absolute Gasteiger partial charge is 0.423 e. The lowest BCUT2D eigenvalue weighted by molar-refractivity contribution is 0.187. The molecule has 1 aromatic carbocycles. The van der Waals surface area contributed by atoms with Crippen LogP contribution in [0.2, 0.25) is 0 Å². The standard InChI is InChI=1S/C8H12BNO3/c10-5-8(11)6-3-1-2-4-7(6)9(12)13/h1-4,8,11-13H,5,10H2. The lowest BCUT2D eigenvalue weighted by Gasteiger charge is -2.12. The summed E-state index contributed by atoms with van der Waals surface area (Å²) in [5, 5.41) is 27.3. The van der Waals surface area contributed by atoms with Crippen LogP contribution in [0.4, 0.5) is 0 Å². The quantitative estimate of drug-likeness (QED) is 0.421. The summed E-state index contributed by atoms with van der Waals surface area (Å²) in [5.41, 5.74) is 6.01. The van der Waals surface area contributed by atoms with Crippen LogP contribution in [0.25, 0.3) is 0 Å². The minimum Gasteiger partial charge on any atom is -0.423 e. The molecule has 0 aliphatic carbocycles. The maximum absolute atomic E-state index is 9.41. The van der Waals surface area contributed by atoms with E-state index in [4.69, 9.17) is 15.8 Å². The SMILES string of the molecule is NCC(O)c1ccccc1B(O)O. The molecule has 0 saturated carbocycles. The van der Waals surface area contributed by atoms with E-state index >= 15 is 0 Å². The van der Waals surface area contributed by atoms with Crippen molar-refractivity contribution in [3.8, 4) is 0 Å². The highest BCUT2D eigenvalue weighted by atomic mass is 16.4. The van der Waals surface area contributed by atoms with Crippen molar-refractivity contribution in [2.24, 2.45) is 5.73 Å². The second kappa shape index (κ2) is 4.39. The molecule has 1 atom stereocenters. The largest absolute Gasteiger partial charge is 0.488 e. The van der Waals surface area contributed by atoms with Crippen LogP contribution in [0.15, 0.2) is 24.3 Å². The van der Waals surface area contributed by atoms with Crippen LogP contribution >= 0.6 is 0 Å². The molecule has 0 saturated heterocycles. The first-order valence-corrected chi connectivity index (χ1v) is 4.00. The Bertz CT molecular complexity index is 280. The Morgan fingerprint density at radius 2 is 1.92 bits per heavy atom. The molecule has 5 N–H and O–H groups in total. The van der Waals surface area contributed by atoms with E-state index < -0.39 is 13.2 Å². The third-order valence-electron chi connectivity index (χ3n) is 1.86. The van der Waals surface area contributed by atoms with Crippen LogP contribution in [-0.4, -0.2) is 28.8 Å². The van der Waals surface area contributed by atoms with Crippen molar-refractivity contribution in [2.75, 3.05) is 6.54 Å². The van der Waals surface area contributed by atoms with Gasteiger partial charge in [0.15, 0.2) is 0 Å². The number of nitrogens with two attached hydrogens (primary N) is 1. The van der Waals surface area contributed by atoms with Crippen molar-refractivity contribution in [3.63, 3.8) is 0 Å². The van der Waals surface area contributed by atoms with Crippen LogP contribution in [0.3, 0.4) is 0 Å². The summed E-state index contributed by atoms with van der Waals surface area (Å²) in [4.78, 5) is 0. The topological polar surface area (TPSA) is 86.7 Å². The fourth-order valence-electron chi connectivity index (χ4n) is 1.18. The van der Waals surface area contributed by atoms with E-state index in [9.17, 15) is 5.11 Å². The van der Waals surface area contributed by atoms with E-state index in [1.165, 1.54) is 0 Å². The number of benzene rings is 1. The maximum Gasteiger partial charge on any atom is 0.488 e. The highest BCUT2D eigenvalue weighted by molar-refractivity contribution is 6.59. The third-order valence-corrected chi connectivity index (χ3v) is 1.86. The van der Waals surface area contributed by atoms with E-state index in [0.717, 1.165) is 0 Å². The predicted octanol–water partition coefficient (Wildman–Crippen LogP) is -1.64. The van der Waals surface area contributed by atoms with Gasteiger partial charge < -0.3 is 20.9 Å². The van der Waals surface area contributed by atoms with E-state index in [-0.39, 0.29) is 6.54 Å². The molecule has 13 heavy (non-hydrogen) atoms. The molecule has 0 fully saturated rings. The monoisotopic (exact) mass is 181 g/mol. The highest BCUT2D eigenvalue weighted by Gasteiger charge is 2.18. The van der Waals surface area contributed by atoms with Crippen molar-refractivity contribution in [1.29, 1.82) is 0 Å². The average molecular weight is 181 g/mol. The number of hydrogen-bond donors (Lipinski definition) is 4. The Morgan fingerprint density at radius 3 is 2.46 bits per heavy atom. The van der Waals surface area contributed by atoms with Crippen molar-refractivity contribution in [3.05, 3.63) is 29.8 Å². The van der Waals surface area contributed by atoms with E-state index in [1.54, 1.807) is 24.3 Å². The Morgan fingerprint density at radius 1 is 1.31 bits per heavy atom. The molecule has 0 aromatic heterocycles. The zero-order valence-electron chi connectivity index (χ0n) is 7.09. The lowest BCUT2D eigenvalue weighted by Crippen LogP contribution is -2.35. The first kappa shape index (κ1) is 10.2. The molecule has 4 nitrogen and oxygen atoms in total. The molecule has 0 aliphatic heterocycles. The lowest BCUT2D eigenvalue weighted by atomic mass is 9.76. The third kappa shape index (κ3) is 2.29. The summed E-state index contributed by atoms with van der Waals surface area (Å²) < 4.78 is 0. The fourth-order valence-corrected chi connectivity index (χ4v) is 1.18. The second-order valence-electron chi connectivity index (χ2n) is 2.75. The van der Waals surface area contributed by atoms with Gasteiger partial charge in [-0.25, -0.2) is 0 Å². The molecule has 1 rings (SSSR count). The Kier molecular flexibility index (Phi) is 3.44. The maximum atomic E-state index is 9.41. The van der Waals surface area contributed by atoms with E-state index in [2.05, 4.69) is 0 Å². The van der Waals surface area contributed by atoms with Gasteiger partial charge in [-0.3, -0.25) is 0 Å². The Hall–Kier alpha value is -0.875. The van der Waals surface area contributed by atoms with E-state index in [0.29, 0.717) is 11.0 Å². The average Bonchev–Trinajstić information content (AvgIpc) is 2.16. The van der Waals surface area contributed by atoms with Gasteiger partial charge in [0.05, 0.1) is 6.10 Å².